The normalized spacial score (nSPS) is 14.1. The number of anilines is 1. The van der Waals surface area contributed by atoms with Crippen molar-refractivity contribution in [3.05, 3.63) is 90.0 Å². The lowest BCUT2D eigenvalue weighted by Crippen LogP contribution is -2.42. The fourth-order valence-corrected chi connectivity index (χ4v) is 6.73. The number of hydrogen-bond donors (Lipinski definition) is 2. The first-order valence-corrected chi connectivity index (χ1v) is 19.4. The van der Waals surface area contributed by atoms with Crippen molar-refractivity contribution in [2.75, 3.05) is 79.4 Å². The highest BCUT2D eigenvalue weighted by molar-refractivity contribution is 5.91. The molecule has 1 unspecified atom stereocenters. The van der Waals surface area contributed by atoms with Crippen LogP contribution in [-0.4, -0.2) is 123 Å². The maximum atomic E-state index is 12.8. The molecule has 0 radical (unpaired) electrons. The average Bonchev–Trinajstić information content (AvgIpc) is 3.18. The lowest BCUT2D eigenvalue weighted by Gasteiger charge is -2.32. The molecule has 2 N–H and O–H groups in total. The number of aliphatic hydroxyl groups excluding tert-OH is 1. The van der Waals surface area contributed by atoms with Gasteiger partial charge in [0.15, 0.2) is 0 Å². The van der Waals surface area contributed by atoms with Gasteiger partial charge in [0.05, 0.1) is 11.8 Å². The van der Waals surface area contributed by atoms with Crippen LogP contribution in [0.5, 0.6) is 0 Å². The maximum Gasteiger partial charge on any atom is 0.411 e. The Balaban J connectivity index is 1.03. The van der Waals surface area contributed by atoms with Crippen molar-refractivity contribution < 1.29 is 29.0 Å². The molecule has 3 aromatic rings. The van der Waals surface area contributed by atoms with E-state index in [0.29, 0.717) is 32.4 Å². The van der Waals surface area contributed by atoms with Gasteiger partial charge in [0.25, 0.3) is 0 Å². The molecule has 4 rings (SSSR count). The highest BCUT2D eigenvalue weighted by Gasteiger charge is 2.23. The van der Waals surface area contributed by atoms with Crippen LogP contribution in [0.15, 0.2) is 78.9 Å². The largest absolute Gasteiger partial charge is 0.446 e. The van der Waals surface area contributed by atoms with Gasteiger partial charge in [-0.25, -0.2) is 4.79 Å². The Labute approximate surface area is 322 Å². The SMILES string of the molecule is COCC(=O)N(C)CCCC(O)c1ccc(CN(C)CCCCCC(=O)N(C)CCN2CCC(OC(=O)Nc3ccccc3-c3ccccc3)CC2)cc1. The summed E-state index contributed by atoms with van der Waals surface area (Å²) in [4.78, 5) is 45.5. The molecule has 0 saturated carbocycles. The lowest BCUT2D eigenvalue weighted by molar-refractivity contribution is -0.134. The molecule has 3 aromatic carbocycles. The zero-order valence-corrected chi connectivity index (χ0v) is 32.8. The van der Waals surface area contributed by atoms with Crippen LogP contribution in [0.4, 0.5) is 10.5 Å². The summed E-state index contributed by atoms with van der Waals surface area (Å²) < 4.78 is 10.7. The van der Waals surface area contributed by atoms with E-state index in [9.17, 15) is 19.5 Å². The Morgan fingerprint density at radius 2 is 1.50 bits per heavy atom. The fraction of sp³-hybridized carbons (Fsp3) is 0.512. The van der Waals surface area contributed by atoms with Crippen LogP contribution in [0.1, 0.15) is 68.6 Å². The lowest BCUT2D eigenvalue weighted by atomic mass is 10.0. The average molecular weight is 744 g/mol. The number of nitrogens with zero attached hydrogens (tertiary/aromatic N) is 4. The van der Waals surface area contributed by atoms with E-state index >= 15 is 0 Å². The van der Waals surface area contributed by atoms with Crippen molar-refractivity contribution in [3.8, 4) is 11.1 Å². The smallest absolute Gasteiger partial charge is 0.411 e. The summed E-state index contributed by atoms with van der Waals surface area (Å²) in [6, 6.07) is 25.8. The number of rotatable bonds is 21. The minimum Gasteiger partial charge on any atom is -0.446 e. The summed E-state index contributed by atoms with van der Waals surface area (Å²) in [5.74, 6) is 0.124. The number of nitrogens with one attached hydrogen (secondary N) is 1. The third kappa shape index (κ3) is 14.5. The fourth-order valence-electron chi connectivity index (χ4n) is 6.73. The van der Waals surface area contributed by atoms with Gasteiger partial charge in [0.1, 0.15) is 12.7 Å². The Bertz CT molecular complexity index is 1560. The second kappa shape index (κ2) is 22.8. The van der Waals surface area contributed by atoms with Crippen LogP contribution in [0.2, 0.25) is 0 Å². The Hall–Kier alpha value is -4.29. The van der Waals surface area contributed by atoms with Gasteiger partial charge in [-0.15, -0.1) is 0 Å². The molecule has 1 atom stereocenters. The second-order valence-electron chi connectivity index (χ2n) is 14.5. The molecular weight excluding hydrogens is 683 g/mol. The van der Waals surface area contributed by atoms with E-state index in [4.69, 9.17) is 9.47 Å². The summed E-state index contributed by atoms with van der Waals surface area (Å²) in [7, 11) is 7.26. The number of aliphatic hydroxyl groups is 1. The highest BCUT2D eigenvalue weighted by atomic mass is 16.6. The number of benzene rings is 3. The molecule has 294 valence electrons. The number of methoxy groups -OCH3 is 1. The van der Waals surface area contributed by atoms with Crippen molar-refractivity contribution in [1.82, 2.24) is 19.6 Å². The van der Waals surface area contributed by atoms with Gasteiger partial charge in [-0.05, 0) is 74.9 Å². The van der Waals surface area contributed by atoms with Gasteiger partial charge in [-0.3, -0.25) is 14.9 Å². The van der Waals surface area contributed by atoms with Crippen LogP contribution in [-0.2, 0) is 25.6 Å². The molecule has 1 fully saturated rings. The monoisotopic (exact) mass is 743 g/mol. The molecule has 11 nitrogen and oxygen atoms in total. The number of likely N-dealkylation sites (N-methyl/N-ethyl adjacent to an activating group) is 2. The maximum absolute atomic E-state index is 12.8. The molecule has 1 heterocycles. The number of amides is 3. The number of ether oxygens (including phenoxy) is 2. The highest BCUT2D eigenvalue weighted by Crippen LogP contribution is 2.28. The molecule has 54 heavy (non-hydrogen) atoms. The topological polar surface area (TPSA) is 115 Å². The van der Waals surface area contributed by atoms with Crippen LogP contribution >= 0.6 is 0 Å². The van der Waals surface area contributed by atoms with Crippen LogP contribution in [0.3, 0.4) is 0 Å². The van der Waals surface area contributed by atoms with Crippen molar-refractivity contribution >= 4 is 23.6 Å². The number of carbonyl (C=O) groups is 3. The molecule has 11 heteroatoms. The van der Waals surface area contributed by atoms with E-state index in [1.807, 2.05) is 78.7 Å². The first-order valence-electron chi connectivity index (χ1n) is 19.4. The Morgan fingerprint density at radius 3 is 2.22 bits per heavy atom. The number of unbranched alkanes of at least 4 members (excludes halogenated alkanes) is 2. The minimum atomic E-state index is -0.556. The number of piperidine rings is 1. The van der Waals surface area contributed by atoms with Crippen molar-refractivity contribution in [2.45, 2.75) is 70.1 Å². The summed E-state index contributed by atoms with van der Waals surface area (Å²) in [5.41, 5.74) is 4.80. The number of hydrogen-bond acceptors (Lipinski definition) is 8. The molecule has 1 saturated heterocycles. The zero-order chi connectivity index (χ0) is 38.7. The van der Waals surface area contributed by atoms with Crippen LogP contribution in [0, 0.1) is 0 Å². The summed E-state index contributed by atoms with van der Waals surface area (Å²) >= 11 is 0. The van der Waals surface area contributed by atoms with E-state index in [-0.39, 0.29) is 24.5 Å². The van der Waals surface area contributed by atoms with Gasteiger partial charge in [0.2, 0.25) is 11.8 Å². The van der Waals surface area contributed by atoms with Gasteiger partial charge in [-0.2, -0.15) is 0 Å². The number of para-hydroxylation sites is 1. The van der Waals surface area contributed by atoms with Crippen molar-refractivity contribution in [1.29, 1.82) is 0 Å². The molecule has 1 aliphatic rings. The standard InChI is InChI=1S/C43H61N5O6/c1-45(32-34-20-22-36(23-21-34)40(49)18-13-27-46(2)42(51)33-53-4)26-12-6-9-19-41(50)47(3)30-31-48-28-24-37(25-29-48)54-43(52)44-39-17-11-10-16-38(39)35-14-7-5-8-15-35/h5,7-8,10-11,14-17,20-23,37,40,49H,6,9,12-13,18-19,24-33H2,1-4H3,(H,44,52). The minimum absolute atomic E-state index is 0.0594. The third-order valence-corrected chi connectivity index (χ3v) is 10.1. The van der Waals surface area contributed by atoms with E-state index in [1.54, 1.807) is 11.9 Å². The number of carbonyl (C=O) groups excluding carboxylic acids is 3. The molecule has 1 aliphatic heterocycles. The predicted molar refractivity (Wildman–Crippen MR) is 214 cm³/mol. The van der Waals surface area contributed by atoms with Crippen LogP contribution in [0.25, 0.3) is 11.1 Å². The van der Waals surface area contributed by atoms with E-state index in [1.165, 1.54) is 12.7 Å². The third-order valence-electron chi connectivity index (χ3n) is 10.1. The first kappa shape index (κ1) is 42.5. The van der Waals surface area contributed by atoms with E-state index < -0.39 is 12.2 Å². The first-order chi connectivity index (χ1) is 26.1. The molecule has 0 aromatic heterocycles. The van der Waals surface area contributed by atoms with Gasteiger partial charge in [0, 0.05) is 72.5 Å². The summed E-state index contributed by atoms with van der Waals surface area (Å²) in [5, 5.41) is 13.5. The predicted octanol–water partition coefficient (Wildman–Crippen LogP) is 6.44. The van der Waals surface area contributed by atoms with Gasteiger partial charge < -0.3 is 34.2 Å². The molecule has 3 amide bonds. The molecule has 0 aliphatic carbocycles. The van der Waals surface area contributed by atoms with Gasteiger partial charge >= 0.3 is 6.09 Å². The Kier molecular flexibility index (Phi) is 17.9. The molecule has 0 bridgehead atoms. The van der Waals surface area contributed by atoms with Crippen molar-refractivity contribution in [2.24, 2.45) is 0 Å². The second-order valence-corrected chi connectivity index (χ2v) is 14.5. The quantitative estimate of drug-likeness (QED) is 0.120. The molecule has 0 spiro atoms. The van der Waals surface area contributed by atoms with Crippen LogP contribution < -0.4 is 5.32 Å². The Morgan fingerprint density at radius 1 is 0.815 bits per heavy atom. The van der Waals surface area contributed by atoms with Crippen molar-refractivity contribution in [3.63, 3.8) is 0 Å². The number of likely N-dealkylation sites (tertiary alicyclic amines) is 1. The zero-order valence-electron chi connectivity index (χ0n) is 32.8. The van der Waals surface area contributed by atoms with E-state index in [2.05, 4.69) is 34.3 Å². The van der Waals surface area contributed by atoms with E-state index in [0.717, 1.165) is 87.2 Å². The summed E-state index contributed by atoms with van der Waals surface area (Å²) in [6.07, 6.45) is 5.20. The van der Waals surface area contributed by atoms with Gasteiger partial charge in [-0.1, -0.05) is 79.2 Å². The molecular formula is C43H61N5O6. The summed E-state index contributed by atoms with van der Waals surface area (Å²) in [6.45, 7) is 5.59.